The van der Waals surface area contributed by atoms with Gasteiger partial charge in [-0.2, -0.15) is 5.10 Å². The van der Waals surface area contributed by atoms with Crippen molar-refractivity contribution >= 4 is 5.91 Å². The molecule has 0 spiro atoms. The summed E-state index contributed by atoms with van der Waals surface area (Å²) >= 11 is 0. The van der Waals surface area contributed by atoms with Gasteiger partial charge in [-0.05, 0) is 44.2 Å². The fourth-order valence-electron chi connectivity index (χ4n) is 3.57. The first-order chi connectivity index (χ1) is 13.1. The van der Waals surface area contributed by atoms with Crippen LogP contribution in [-0.2, 0) is 16.0 Å². The van der Waals surface area contributed by atoms with Crippen molar-refractivity contribution in [3.63, 3.8) is 0 Å². The number of rotatable bonds is 8. The molecule has 5 nitrogen and oxygen atoms in total. The Balaban J connectivity index is 1.67. The Hall–Kier alpha value is -2.28. The lowest BCUT2D eigenvalue weighted by atomic mass is 9.92. The Kier molecular flexibility index (Phi) is 6.55. The molecule has 2 aromatic rings. The molecule has 1 amide bonds. The van der Waals surface area contributed by atoms with Crippen molar-refractivity contribution in [2.24, 2.45) is 0 Å². The smallest absolute Gasteiger partial charge is 0.220 e. The lowest BCUT2D eigenvalue weighted by Crippen LogP contribution is -2.30. The van der Waals surface area contributed by atoms with E-state index in [1.807, 2.05) is 0 Å². The van der Waals surface area contributed by atoms with Crippen LogP contribution in [0.2, 0.25) is 0 Å². The van der Waals surface area contributed by atoms with Gasteiger partial charge in [0.1, 0.15) is 11.6 Å². The van der Waals surface area contributed by atoms with Gasteiger partial charge in [-0.25, -0.2) is 13.5 Å². The molecule has 146 valence electrons. The van der Waals surface area contributed by atoms with E-state index in [0.717, 1.165) is 55.8 Å². The average Bonchev–Trinajstić information content (AvgIpc) is 3.06. The number of ether oxygens (including phenoxy) is 1. The van der Waals surface area contributed by atoms with Crippen molar-refractivity contribution in [2.45, 2.75) is 51.0 Å². The van der Waals surface area contributed by atoms with E-state index in [1.165, 1.54) is 12.1 Å². The first-order valence-electron chi connectivity index (χ1n) is 9.40. The van der Waals surface area contributed by atoms with Crippen molar-refractivity contribution in [3.8, 4) is 5.69 Å². The fraction of sp³-hybridized carbons (Fsp3) is 0.500. The highest BCUT2D eigenvalue weighted by atomic mass is 19.1. The van der Waals surface area contributed by atoms with Crippen LogP contribution in [0.4, 0.5) is 8.78 Å². The van der Waals surface area contributed by atoms with E-state index in [-0.39, 0.29) is 11.9 Å². The van der Waals surface area contributed by atoms with Crippen molar-refractivity contribution in [1.29, 1.82) is 0 Å². The fourth-order valence-corrected chi connectivity index (χ4v) is 3.57. The van der Waals surface area contributed by atoms with Crippen LogP contribution in [-0.4, -0.2) is 29.4 Å². The van der Waals surface area contributed by atoms with Crippen LogP contribution in [0.5, 0.6) is 0 Å². The maximum absolute atomic E-state index is 13.6. The quantitative estimate of drug-likeness (QED) is 0.711. The molecule has 1 N–H and O–H groups in total. The molecule has 0 unspecified atom stereocenters. The van der Waals surface area contributed by atoms with Crippen molar-refractivity contribution in [2.75, 3.05) is 13.7 Å². The molecular formula is C20H25F2N3O2. The molecule has 0 saturated carbocycles. The number of unbranched alkanes of at least 4 members (excludes halogenated alkanes) is 2. The zero-order valence-corrected chi connectivity index (χ0v) is 15.5. The molecular weight excluding hydrogens is 352 g/mol. The van der Waals surface area contributed by atoms with Crippen LogP contribution in [0, 0.1) is 11.6 Å². The number of methoxy groups -OCH3 is 1. The largest absolute Gasteiger partial charge is 0.385 e. The number of halogens is 2. The number of fused-ring (bicyclic) bond motifs is 1. The van der Waals surface area contributed by atoms with E-state index in [2.05, 4.69) is 10.4 Å². The van der Waals surface area contributed by atoms with Crippen molar-refractivity contribution < 1.29 is 18.3 Å². The standard InChI is InChI=1S/C20H25F2N3O2/c1-27-9-4-2-3-8-20(26)24-18-6-5-7-19-17(18)13-23-25(19)16-11-14(21)10-15(22)12-16/h10-13,18H,2-9H2,1H3,(H,24,26)/t18-/m1/s1. The third kappa shape index (κ3) is 4.91. The van der Waals surface area contributed by atoms with Crippen molar-refractivity contribution in [3.05, 3.63) is 47.3 Å². The van der Waals surface area contributed by atoms with Gasteiger partial charge in [-0.15, -0.1) is 0 Å². The Morgan fingerprint density at radius 3 is 2.78 bits per heavy atom. The lowest BCUT2D eigenvalue weighted by molar-refractivity contribution is -0.122. The summed E-state index contributed by atoms with van der Waals surface area (Å²) in [6, 6.07) is 3.26. The number of aromatic nitrogens is 2. The summed E-state index contributed by atoms with van der Waals surface area (Å²) in [5.41, 5.74) is 2.19. The number of benzene rings is 1. The first kappa shape index (κ1) is 19.5. The summed E-state index contributed by atoms with van der Waals surface area (Å²) in [7, 11) is 1.67. The third-order valence-corrected chi connectivity index (χ3v) is 4.86. The minimum Gasteiger partial charge on any atom is -0.385 e. The third-order valence-electron chi connectivity index (χ3n) is 4.86. The molecule has 1 aromatic carbocycles. The molecule has 0 bridgehead atoms. The highest BCUT2D eigenvalue weighted by Gasteiger charge is 2.26. The summed E-state index contributed by atoms with van der Waals surface area (Å²) in [5.74, 6) is -1.25. The van der Waals surface area contributed by atoms with E-state index in [1.54, 1.807) is 18.0 Å². The molecule has 0 saturated heterocycles. The molecule has 1 aromatic heterocycles. The number of carbonyl (C=O) groups excluding carboxylic acids is 1. The zero-order chi connectivity index (χ0) is 19.2. The van der Waals surface area contributed by atoms with E-state index in [0.29, 0.717) is 18.7 Å². The molecule has 1 aliphatic rings. The molecule has 1 aliphatic carbocycles. The molecule has 0 fully saturated rings. The van der Waals surface area contributed by atoms with E-state index in [4.69, 9.17) is 4.74 Å². The highest BCUT2D eigenvalue weighted by molar-refractivity contribution is 5.76. The van der Waals surface area contributed by atoms with Gasteiger partial charge in [-0.3, -0.25) is 4.79 Å². The number of nitrogens with one attached hydrogen (secondary N) is 1. The summed E-state index contributed by atoms with van der Waals surface area (Å²) in [6.45, 7) is 0.716. The van der Waals surface area contributed by atoms with Gasteiger partial charge < -0.3 is 10.1 Å². The maximum atomic E-state index is 13.6. The van der Waals surface area contributed by atoms with Gasteiger partial charge in [0, 0.05) is 37.5 Å². The Morgan fingerprint density at radius 2 is 2.04 bits per heavy atom. The second-order valence-corrected chi connectivity index (χ2v) is 6.90. The lowest BCUT2D eigenvalue weighted by Gasteiger charge is -2.24. The zero-order valence-electron chi connectivity index (χ0n) is 15.5. The van der Waals surface area contributed by atoms with Gasteiger partial charge in [-0.1, -0.05) is 6.42 Å². The second-order valence-electron chi connectivity index (χ2n) is 6.90. The van der Waals surface area contributed by atoms with E-state index >= 15 is 0 Å². The highest BCUT2D eigenvalue weighted by Crippen LogP contribution is 2.31. The van der Waals surface area contributed by atoms with Crippen LogP contribution >= 0.6 is 0 Å². The van der Waals surface area contributed by atoms with Crippen LogP contribution in [0.25, 0.3) is 5.69 Å². The first-order valence-corrected chi connectivity index (χ1v) is 9.40. The normalized spacial score (nSPS) is 16.2. The summed E-state index contributed by atoms with van der Waals surface area (Å²) in [5, 5.41) is 7.40. The monoisotopic (exact) mass is 377 g/mol. The van der Waals surface area contributed by atoms with Gasteiger partial charge in [0.2, 0.25) is 5.91 Å². The van der Waals surface area contributed by atoms with Crippen LogP contribution in [0.1, 0.15) is 55.8 Å². The Morgan fingerprint density at radius 1 is 1.26 bits per heavy atom. The van der Waals surface area contributed by atoms with Crippen LogP contribution in [0.15, 0.2) is 24.4 Å². The average molecular weight is 377 g/mol. The van der Waals surface area contributed by atoms with Crippen LogP contribution in [0.3, 0.4) is 0 Å². The molecule has 3 rings (SSSR count). The number of nitrogens with zero attached hydrogens (tertiary/aromatic N) is 2. The predicted octanol–water partition coefficient (Wildman–Crippen LogP) is 3.85. The number of hydrogen-bond donors (Lipinski definition) is 1. The van der Waals surface area contributed by atoms with E-state index in [9.17, 15) is 13.6 Å². The molecule has 0 radical (unpaired) electrons. The molecule has 27 heavy (non-hydrogen) atoms. The molecule has 1 heterocycles. The van der Waals surface area contributed by atoms with Crippen molar-refractivity contribution in [1.82, 2.24) is 15.1 Å². The summed E-state index contributed by atoms with van der Waals surface area (Å²) in [4.78, 5) is 12.3. The molecule has 1 atom stereocenters. The molecule has 0 aliphatic heterocycles. The maximum Gasteiger partial charge on any atom is 0.220 e. The van der Waals surface area contributed by atoms with Gasteiger partial charge in [0.25, 0.3) is 0 Å². The number of carbonyl (C=O) groups is 1. The number of amides is 1. The second kappa shape index (κ2) is 9.08. The van der Waals surface area contributed by atoms with Gasteiger partial charge in [0.15, 0.2) is 0 Å². The SMILES string of the molecule is COCCCCCC(=O)N[C@@H]1CCCc2c1cnn2-c1cc(F)cc(F)c1. The number of hydrogen-bond acceptors (Lipinski definition) is 3. The Labute approximate surface area is 157 Å². The van der Waals surface area contributed by atoms with E-state index < -0.39 is 11.6 Å². The minimum atomic E-state index is -0.636. The minimum absolute atomic E-state index is 0.0230. The van der Waals surface area contributed by atoms with Crippen LogP contribution < -0.4 is 5.32 Å². The topological polar surface area (TPSA) is 56.1 Å². The predicted molar refractivity (Wildman–Crippen MR) is 97.6 cm³/mol. The summed E-state index contributed by atoms with van der Waals surface area (Å²) < 4.78 is 33.7. The summed E-state index contributed by atoms with van der Waals surface area (Å²) in [6.07, 6.45) is 7.41. The Bertz CT molecular complexity index is 771. The van der Waals surface area contributed by atoms with Gasteiger partial charge in [0.05, 0.1) is 17.9 Å². The van der Waals surface area contributed by atoms with Gasteiger partial charge >= 0.3 is 0 Å². The molecule has 7 heteroatoms.